The summed E-state index contributed by atoms with van der Waals surface area (Å²) in [6, 6.07) is 7.62. The molecule has 1 aromatic rings. The Balaban J connectivity index is 1.65. The van der Waals surface area contributed by atoms with Gasteiger partial charge in [-0.3, -0.25) is 4.79 Å². The Morgan fingerprint density at radius 1 is 1.22 bits per heavy atom. The number of carbonyl (C=O) groups excluding carboxylic acids is 1. The van der Waals surface area contributed by atoms with Crippen LogP contribution in [0.1, 0.15) is 63.5 Å². The average Bonchev–Trinajstić information content (AvgIpc) is 3.67. The number of piperidine rings is 1. The molecule has 4 rings (SSSR count). The van der Waals surface area contributed by atoms with Gasteiger partial charge < -0.3 is 15.1 Å². The smallest absolute Gasteiger partial charge is 0.229 e. The van der Waals surface area contributed by atoms with Gasteiger partial charge in [-0.15, -0.1) is 0 Å². The van der Waals surface area contributed by atoms with Gasteiger partial charge in [-0.2, -0.15) is 0 Å². The van der Waals surface area contributed by atoms with Crippen LogP contribution < -0.4 is 0 Å². The fourth-order valence-electron chi connectivity index (χ4n) is 5.13. The van der Waals surface area contributed by atoms with Crippen LogP contribution in [0.3, 0.4) is 0 Å². The highest BCUT2D eigenvalue weighted by Gasteiger charge is 2.51. The minimum atomic E-state index is -1.01. The third-order valence-corrected chi connectivity index (χ3v) is 9.35. The summed E-state index contributed by atoms with van der Waals surface area (Å²) in [4.78, 5) is 16.1. The molecule has 5 atom stereocenters. The molecule has 1 amide bonds. The number of likely N-dealkylation sites (N-methyl/N-ethyl adjacent to an activating group) is 1. The van der Waals surface area contributed by atoms with Crippen LogP contribution in [0.25, 0.3) is 0 Å². The molecule has 2 aliphatic carbocycles. The van der Waals surface area contributed by atoms with Gasteiger partial charge in [0.25, 0.3) is 0 Å². The van der Waals surface area contributed by atoms with Gasteiger partial charge >= 0.3 is 0 Å². The normalized spacial score (nSPS) is 29.2. The molecule has 3 fully saturated rings. The number of benzene rings is 1. The molecule has 1 aliphatic heterocycles. The Bertz CT molecular complexity index is 845. The first kappa shape index (κ1) is 24.1. The molecule has 8 heteroatoms. The van der Waals surface area contributed by atoms with E-state index >= 15 is 0 Å². The van der Waals surface area contributed by atoms with Gasteiger partial charge in [0.2, 0.25) is 5.91 Å². The first-order chi connectivity index (χ1) is 15.2. The molecule has 6 nitrogen and oxygen atoms in total. The molecule has 178 valence electrons. The van der Waals surface area contributed by atoms with E-state index < -0.39 is 22.5 Å². The lowest BCUT2D eigenvalue weighted by Crippen LogP contribution is -2.57. The molecular weight excluding hydrogens is 448 g/mol. The Hall–Kier alpha value is -0.990. The van der Waals surface area contributed by atoms with Crippen molar-refractivity contribution in [2.45, 2.75) is 75.3 Å². The third kappa shape index (κ3) is 5.22. The van der Waals surface area contributed by atoms with Crippen molar-refractivity contribution in [2.75, 3.05) is 20.2 Å². The number of rotatable bonds is 10. The number of aliphatic hydroxyl groups excluding tert-OH is 2. The fourth-order valence-corrected chi connectivity index (χ4v) is 6.60. The van der Waals surface area contributed by atoms with Crippen molar-refractivity contribution in [1.82, 2.24) is 9.21 Å². The fraction of sp³-hybridized carbons (Fsp3) is 0.708. The molecular formula is C24H35ClN2O4S. The standard InChI is InChI=1S/C24H35ClN2O4S/c1-24(13-19(29)15-28)12-11-21(16-5-7-18(25)8-6-16)27(23(24)30)22(17-3-4-17)14-26(2)32(31)20-9-10-20/h5-8,17,19-22,28-29H,3-4,9-15H2,1-2H3/t19?,21-,22?,24+,32?/m0/s1. The van der Waals surface area contributed by atoms with Crippen LogP contribution in [-0.2, 0) is 15.8 Å². The molecule has 0 spiro atoms. The molecule has 0 radical (unpaired) electrons. The maximum Gasteiger partial charge on any atom is 0.229 e. The number of halogens is 1. The number of amides is 1. The summed E-state index contributed by atoms with van der Waals surface area (Å²) in [5.74, 6) is 0.427. The van der Waals surface area contributed by atoms with Gasteiger partial charge in [0.05, 0.1) is 29.7 Å². The van der Waals surface area contributed by atoms with Crippen LogP contribution in [0.15, 0.2) is 24.3 Å². The van der Waals surface area contributed by atoms with Gasteiger partial charge in [-0.05, 0) is 75.6 Å². The number of nitrogens with zero attached hydrogens (tertiary/aromatic N) is 2. The van der Waals surface area contributed by atoms with E-state index in [0.29, 0.717) is 23.9 Å². The number of carbonyl (C=O) groups is 1. The Morgan fingerprint density at radius 3 is 2.44 bits per heavy atom. The molecule has 1 saturated heterocycles. The Kier molecular flexibility index (Phi) is 7.32. The Labute approximate surface area is 198 Å². The zero-order valence-corrected chi connectivity index (χ0v) is 20.5. The van der Waals surface area contributed by atoms with Crippen LogP contribution in [0.5, 0.6) is 0 Å². The third-order valence-electron chi connectivity index (χ3n) is 7.29. The molecule has 0 bridgehead atoms. The SMILES string of the molecule is CN(CC(C1CC1)N1C(=O)[C@@](C)(CC(O)CO)CC[C@H]1c1ccc(Cl)cc1)S(=O)C1CC1. The van der Waals surface area contributed by atoms with Crippen molar-refractivity contribution < 1.29 is 19.2 Å². The number of hydrogen-bond donors (Lipinski definition) is 2. The zero-order chi connectivity index (χ0) is 23.0. The van der Waals surface area contributed by atoms with Crippen molar-refractivity contribution in [1.29, 1.82) is 0 Å². The van der Waals surface area contributed by atoms with E-state index in [2.05, 4.69) is 0 Å². The van der Waals surface area contributed by atoms with E-state index in [1.807, 2.05) is 47.4 Å². The predicted octanol–water partition coefficient (Wildman–Crippen LogP) is 3.29. The minimum absolute atomic E-state index is 0.0261. The summed E-state index contributed by atoms with van der Waals surface area (Å²) < 4.78 is 14.7. The van der Waals surface area contributed by atoms with E-state index in [1.54, 1.807) is 0 Å². The van der Waals surface area contributed by atoms with Gasteiger partial charge in [0.1, 0.15) is 0 Å². The largest absolute Gasteiger partial charge is 0.394 e. The van der Waals surface area contributed by atoms with Crippen LogP contribution in [0, 0.1) is 11.3 Å². The Morgan fingerprint density at radius 2 is 1.88 bits per heavy atom. The first-order valence-electron chi connectivity index (χ1n) is 11.7. The van der Waals surface area contributed by atoms with E-state index in [9.17, 15) is 19.2 Å². The van der Waals surface area contributed by atoms with Crippen molar-refractivity contribution in [3.05, 3.63) is 34.9 Å². The monoisotopic (exact) mass is 482 g/mol. The minimum Gasteiger partial charge on any atom is -0.394 e. The molecule has 1 heterocycles. The van der Waals surface area contributed by atoms with Crippen molar-refractivity contribution in [2.24, 2.45) is 11.3 Å². The number of hydrogen-bond acceptors (Lipinski definition) is 4. The summed E-state index contributed by atoms with van der Waals surface area (Å²) in [6.07, 6.45) is 4.92. The molecule has 2 saturated carbocycles. The summed E-state index contributed by atoms with van der Waals surface area (Å²) >= 11 is 6.12. The zero-order valence-electron chi connectivity index (χ0n) is 19.0. The van der Waals surface area contributed by atoms with Crippen LogP contribution in [0.2, 0.25) is 5.02 Å². The highest BCUT2D eigenvalue weighted by Crippen LogP contribution is 2.48. The van der Waals surface area contributed by atoms with Gasteiger partial charge in [-0.1, -0.05) is 30.7 Å². The van der Waals surface area contributed by atoms with Gasteiger partial charge in [-0.25, -0.2) is 8.51 Å². The maximum absolute atomic E-state index is 14.0. The molecule has 2 N–H and O–H groups in total. The molecule has 3 aliphatic rings. The average molecular weight is 483 g/mol. The topological polar surface area (TPSA) is 81.1 Å². The quantitative estimate of drug-likeness (QED) is 0.536. The molecule has 32 heavy (non-hydrogen) atoms. The lowest BCUT2D eigenvalue weighted by Gasteiger charge is -2.49. The van der Waals surface area contributed by atoms with Crippen LogP contribution >= 0.6 is 11.6 Å². The molecule has 1 aromatic carbocycles. The highest BCUT2D eigenvalue weighted by molar-refractivity contribution is 7.83. The van der Waals surface area contributed by atoms with Gasteiger partial charge in [0.15, 0.2) is 0 Å². The molecule has 3 unspecified atom stereocenters. The molecule has 0 aromatic heterocycles. The van der Waals surface area contributed by atoms with E-state index in [1.165, 1.54) is 0 Å². The second-order valence-corrected chi connectivity index (χ2v) is 12.4. The summed E-state index contributed by atoms with van der Waals surface area (Å²) in [5.41, 5.74) is 0.330. The van der Waals surface area contributed by atoms with Gasteiger partial charge in [0, 0.05) is 28.3 Å². The van der Waals surface area contributed by atoms with Crippen LogP contribution in [-0.4, -0.2) is 67.1 Å². The van der Waals surface area contributed by atoms with Crippen molar-refractivity contribution >= 4 is 28.5 Å². The summed E-state index contributed by atoms with van der Waals surface area (Å²) in [5, 5.41) is 20.5. The van der Waals surface area contributed by atoms with E-state index in [-0.39, 0.29) is 36.3 Å². The first-order valence-corrected chi connectivity index (χ1v) is 13.3. The summed E-state index contributed by atoms with van der Waals surface area (Å²) in [6.45, 7) is 2.15. The van der Waals surface area contributed by atoms with Crippen molar-refractivity contribution in [3.8, 4) is 0 Å². The van der Waals surface area contributed by atoms with Crippen LogP contribution in [0.4, 0.5) is 0 Å². The highest BCUT2D eigenvalue weighted by atomic mass is 35.5. The second kappa shape index (κ2) is 9.71. The van der Waals surface area contributed by atoms with E-state index in [4.69, 9.17) is 11.6 Å². The summed E-state index contributed by atoms with van der Waals surface area (Å²) in [7, 11) is 0.893. The lowest BCUT2D eigenvalue weighted by atomic mass is 9.73. The maximum atomic E-state index is 14.0. The second-order valence-electron chi connectivity index (χ2n) is 10.1. The number of aliphatic hydroxyl groups is 2. The number of likely N-dealkylation sites (tertiary alicyclic amines) is 1. The van der Waals surface area contributed by atoms with Crippen molar-refractivity contribution in [3.63, 3.8) is 0 Å². The lowest BCUT2D eigenvalue weighted by molar-refractivity contribution is -0.156. The van der Waals surface area contributed by atoms with E-state index in [0.717, 1.165) is 37.7 Å². The predicted molar refractivity (Wildman–Crippen MR) is 126 cm³/mol.